The summed E-state index contributed by atoms with van der Waals surface area (Å²) in [5, 5.41) is 0. The molecule has 0 N–H and O–H groups in total. The summed E-state index contributed by atoms with van der Waals surface area (Å²) in [7, 11) is -1.27. The summed E-state index contributed by atoms with van der Waals surface area (Å²) in [6.07, 6.45) is 1.64. The predicted octanol–water partition coefficient (Wildman–Crippen LogP) is -1.25. The van der Waals surface area contributed by atoms with Crippen LogP contribution in [0, 0.1) is 0 Å². The van der Waals surface area contributed by atoms with Gasteiger partial charge in [-0.05, 0) is 18.5 Å². The molecule has 0 saturated carbocycles. The smallest absolute Gasteiger partial charge is 0.449 e. The monoisotopic (exact) mass is 261 g/mol. The van der Waals surface area contributed by atoms with Crippen molar-refractivity contribution in [1.29, 1.82) is 0 Å². The Morgan fingerprint density at radius 2 is 2.07 bits per heavy atom. The van der Waals surface area contributed by atoms with Crippen LogP contribution in [0.3, 0.4) is 0 Å². The fraction of sp³-hybridized carbons (Fsp3) is 0.286. The number of nitrogens with zero attached hydrogens (tertiary/aromatic N) is 1. The van der Waals surface area contributed by atoms with Crippen molar-refractivity contribution in [3.05, 3.63) is 24.0 Å². The number of aromatic nitrogens is 1. The van der Waals surface area contributed by atoms with E-state index in [1.54, 1.807) is 0 Å². The third-order valence-electron chi connectivity index (χ3n) is 1.56. The summed E-state index contributed by atoms with van der Waals surface area (Å²) in [6, 6.07) is 2.67. The fourth-order valence-electron chi connectivity index (χ4n) is 0.984. The van der Waals surface area contributed by atoms with Gasteiger partial charge in [0, 0.05) is 33.8 Å². The fourth-order valence-corrected chi connectivity index (χ4v) is 1.54. The minimum Gasteiger partial charge on any atom is -0.449 e. The first-order valence-electron chi connectivity index (χ1n) is 3.88. The zero-order chi connectivity index (χ0) is 10.8. The standard InChI is InChI=1S/C7H8BF3NOS.K/c1-14(13)7-2-3-12-6(4-7)5-8(9,10)11;/h2-4H,5H2,1H3;/q-1;+1. The molecule has 1 aromatic rings. The van der Waals surface area contributed by atoms with E-state index in [4.69, 9.17) is 0 Å². The van der Waals surface area contributed by atoms with Crippen molar-refractivity contribution < 1.29 is 68.5 Å². The topological polar surface area (TPSA) is 30.0 Å². The van der Waals surface area contributed by atoms with E-state index in [0.717, 1.165) is 0 Å². The van der Waals surface area contributed by atoms with Crippen LogP contribution in [-0.2, 0) is 17.1 Å². The molecule has 0 aliphatic rings. The maximum atomic E-state index is 12.0. The zero-order valence-electron chi connectivity index (χ0n) is 8.41. The van der Waals surface area contributed by atoms with Crippen molar-refractivity contribution in [3.8, 4) is 0 Å². The van der Waals surface area contributed by atoms with Crippen LogP contribution in [0.15, 0.2) is 23.2 Å². The van der Waals surface area contributed by atoms with Crippen molar-refractivity contribution in [2.75, 3.05) is 6.26 Å². The Morgan fingerprint density at radius 3 is 2.53 bits per heavy atom. The number of rotatable bonds is 3. The maximum absolute atomic E-state index is 12.0. The molecule has 0 bridgehead atoms. The summed E-state index contributed by atoms with van der Waals surface area (Å²) in [6.45, 7) is -4.88. The van der Waals surface area contributed by atoms with Gasteiger partial charge in [-0.2, -0.15) is 0 Å². The summed E-state index contributed by atoms with van der Waals surface area (Å²) in [5.74, 6) is 0. The van der Waals surface area contributed by atoms with Crippen LogP contribution in [-0.4, -0.2) is 22.4 Å². The normalized spacial score (nSPS) is 13.1. The van der Waals surface area contributed by atoms with E-state index in [-0.39, 0.29) is 57.1 Å². The third kappa shape index (κ3) is 6.18. The van der Waals surface area contributed by atoms with Crippen molar-refractivity contribution in [2.24, 2.45) is 0 Å². The van der Waals surface area contributed by atoms with Gasteiger partial charge in [-0.3, -0.25) is 9.19 Å². The Labute approximate surface area is 131 Å². The van der Waals surface area contributed by atoms with E-state index in [1.165, 1.54) is 24.6 Å². The van der Waals surface area contributed by atoms with E-state index in [9.17, 15) is 17.2 Å². The summed E-state index contributed by atoms with van der Waals surface area (Å²) in [4.78, 5) is 3.94. The molecule has 0 saturated heterocycles. The van der Waals surface area contributed by atoms with Gasteiger partial charge in [0.2, 0.25) is 0 Å². The molecule has 8 heteroatoms. The molecular weight excluding hydrogens is 253 g/mol. The van der Waals surface area contributed by atoms with Crippen LogP contribution in [0.25, 0.3) is 0 Å². The molecule has 1 aromatic heterocycles. The molecule has 2 nitrogen and oxygen atoms in total. The second kappa shape index (κ2) is 6.51. The summed E-state index contributed by atoms with van der Waals surface area (Å²) < 4.78 is 47.0. The minimum absolute atomic E-state index is 0. The number of halogens is 3. The molecule has 78 valence electrons. The van der Waals surface area contributed by atoms with Crippen LogP contribution < -0.4 is 51.4 Å². The van der Waals surface area contributed by atoms with E-state index in [1.807, 2.05) is 0 Å². The Kier molecular flexibility index (Phi) is 6.85. The summed E-state index contributed by atoms with van der Waals surface area (Å²) in [5.41, 5.74) is -0.0785. The Morgan fingerprint density at radius 1 is 1.47 bits per heavy atom. The molecule has 0 aromatic carbocycles. The van der Waals surface area contributed by atoms with Crippen LogP contribution in [0.4, 0.5) is 12.9 Å². The van der Waals surface area contributed by atoms with E-state index >= 15 is 0 Å². The SMILES string of the molecule is CS(=O)c1ccnc(C[B-](F)(F)F)c1.[K+]. The molecule has 15 heavy (non-hydrogen) atoms. The predicted molar refractivity (Wildman–Crippen MR) is 49.4 cm³/mol. The average molecular weight is 261 g/mol. The molecule has 1 unspecified atom stereocenters. The molecule has 1 atom stereocenters. The largest absolute Gasteiger partial charge is 1.00 e. The minimum atomic E-state index is -4.88. The van der Waals surface area contributed by atoms with Crippen molar-refractivity contribution >= 4 is 17.8 Å². The van der Waals surface area contributed by atoms with Gasteiger partial charge in [-0.1, -0.05) is 0 Å². The van der Waals surface area contributed by atoms with E-state index in [0.29, 0.717) is 4.90 Å². The Balaban J connectivity index is 0.00000196. The van der Waals surface area contributed by atoms with Gasteiger partial charge in [-0.25, -0.2) is 0 Å². The second-order valence-electron chi connectivity index (χ2n) is 2.85. The molecule has 0 aliphatic heterocycles. The van der Waals surface area contributed by atoms with E-state index in [2.05, 4.69) is 4.98 Å². The van der Waals surface area contributed by atoms with Crippen molar-refractivity contribution in [2.45, 2.75) is 11.2 Å². The summed E-state index contributed by atoms with van der Waals surface area (Å²) >= 11 is 0. The first kappa shape index (κ1) is 15.8. The molecule has 0 fully saturated rings. The third-order valence-corrected chi connectivity index (χ3v) is 2.48. The van der Waals surface area contributed by atoms with Gasteiger partial charge < -0.3 is 12.9 Å². The molecule has 0 aliphatic carbocycles. The van der Waals surface area contributed by atoms with Gasteiger partial charge in [-0.15, -0.1) is 0 Å². The van der Waals surface area contributed by atoms with E-state index < -0.39 is 24.1 Å². The van der Waals surface area contributed by atoms with Gasteiger partial charge in [0.1, 0.15) is 0 Å². The molecule has 1 heterocycles. The molecule has 0 amide bonds. The number of hydrogen-bond donors (Lipinski definition) is 0. The first-order valence-corrected chi connectivity index (χ1v) is 5.43. The molecule has 0 spiro atoms. The maximum Gasteiger partial charge on any atom is 1.00 e. The van der Waals surface area contributed by atoms with Crippen molar-refractivity contribution in [3.63, 3.8) is 0 Å². The van der Waals surface area contributed by atoms with Crippen LogP contribution >= 0.6 is 0 Å². The molecule has 1 rings (SSSR count). The van der Waals surface area contributed by atoms with Gasteiger partial charge in [0.25, 0.3) is 0 Å². The second-order valence-corrected chi connectivity index (χ2v) is 4.23. The Bertz CT molecular complexity index is 360. The van der Waals surface area contributed by atoms with Gasteiger partial charge in [0.15, 0.2) is 0 Å². The number of pyridine rings is 1. The zero-order valence-corrected chi connectivity index (χ0v) is 12.4. The first-order chi connectivity index (χ1) is 6.38. The van der Waals surface area contributed by atoms with Gasteiger partial charge >= 0.3 is 58.4 Å². The average Bonchev–Trinajstić information content (AvgIpc) is 2.01. The number of hydrogen-bond acceptors (Lipinski definition) is 2. The van der Waals surface area contributed by atoms with Crippen LogP contribution in [0.5, 0.6) is 0 Å². The van der Waals surface area contributed by atoms with Crippen LogP contribution in [0.1, 0.15) is 5.69 Å². The quantitative estimate of drug-likeness (QED) is 0.637. The Hall–Kier alpha value is 0.791. The van der Waals surface area contributed by atoms with Gasteiger partial charge in [0.05, 0.1) is 0 Å². The van der Waals surface area contributed by atoms with Crippen molar-refractivity contribution in [1.82, 2.24) is 4.98 Å². The van der Waals surface area contributed by atoms with Crippen LogP contribution in [0.2, 0.25) is 0 Å². The molecular formula is C7H8BF3KNOS. The molecule has 0 radical (unpaired) electrons.